The summed E-state index contributed by atoms with van der Waals surface area (Å²) in [5, 5.41) is 14.3. The first-order valence-electron chi connectivity index (χ1n) is 11.5. The minimum absolute atomic E-state index is 0.0118. The fraction of sp³-hybridized carbons (Fsp3) is 0.500. The van der Waals surface area contributed by atoms with Crippen LogP contribution in [0.25, 0.3) is 0 Å². The van der Waals surface area contributed by atoms with Crippen LogP contribution in [0.3, 0.4) is 0 Å². The molecule has 202 valence electrons. The van der Waals surface area contributed by atoms with Crippen molar-refractivity contribution in [2.75, 3.05) is 33.8 Å². The standard InChI is InChI=1S/C22H32N2O4Si.C2H8N2O2S/c1-22(2,3)29(4,5)28-20(18-10-9-13-23-16-18)17-24(21(25)26)14-15-27-19-11-7-6-8-12-19;1-4(2)7(3,5)6/h6-13,16,20H,14-15,17H2,1-5H3,(H,25,26);1-2H3,(H2,3,5,6). The van der Waals surface area contributed by atoms with Gasteiger partial charge in [0.25, 0.3) is 10.2 Å². The fourth-order valence-electron chi connectivity index (χ4n) is 2.57. The van der Waals surface area contributed by atoms with E-state index in [0.29, 0.717) is 0 Å². The number of ether oxygens (including phenoxy) is 1. The van der Waals surface area contributed by atoms with Crippen LogP contribution in [0.4, 0.5) is 4.79 Å². The number of nitrogens with zero attached hydrogens (tertiary/aromatic N) is 3. The second kappa shape index (κ2) is 13.7. The molecule has 3 N–H and O–H groups in total. The molecule has 2 aromatic rings. The molecule has 0 radical (unpaired) electrons. The highest BCUT2D eigenvalue weighted by atomic mass is 32.2. The summed E-state index contributed by atoms with van der Waals surface area (Å²) in [6.07, 6.45) is 2.08. The molecule has 0 aliphatic carbocycles. The molecular weight excluding hydrogens is 500 g/mol. The van der Waals surface area contributed by atoms with E-state index in [-0.39, 0.29) is 30.8 Å². The van der Waals surface area contributed by atoms with Crippen molar-refractivity contribution in [2.45, 2.75) is 45.0 Å². The Morgan fingerprint density at radius 3 is 2.17 bits per heavy atom. The summed E-state index contributed by atoms with van der Waals surface area (Å²) in [4.78, 5) is 17.4. The number of amides is 1. The lowest BCUT2D eigenvalue weighted by Gasteiger charge is -2.40. The van der Waals surface area contributed by atoms with Crippen LogP contribution in [0.5, 0.6) is 5.75 Å². The Labute approximate surface area is 216 Å². The van der Waals surface area contributed by atoms with Gasteiger partial charge in [0.15, 0.2) is 8.32 Å². The van der Waals surface area contributed by atoms with E-state index in [1.54, 1.807) is 12.4 Å². The van der Waals surface area contributed by atoms with Gasteiger partial charge in [-0.25, -0.2) is 9.93 Å². The van der Waals surface area contributed by atoms with E-state index in [4.69, 9.17) is 9.16 Å². The molecule has 0 saturated heterocycles. The number of pyridine rings is 1. The molecule has 1 heterocycles. The summed E-state index contributed by atoms with van der Waals surface area (Å²) in [5.74, 6) is 0.721. The zero-order valence-corrected chi connectivity index (χ0v) is 24.0. The van der Waals surface area contributed by atoms with Gasteiger partial charge in [0.1, 0.15) is 12.4 Å². The van der Waals surface area contributed by atoms with Crippen molar-refractivity contribution in [3.63, 3.8) is 0 Å². The third-order valence-electron chi connectivity index (χ3n) is 5.84. The summed E-state index contributed by atoms with van der Waals surface area (Å²) in [6, 6.07) is 13.2. The Bertz CT molecular complexity index is 1030. The molecule has 36 heavy (non-hydrogen) atoms. The largest absolute Gasteiger partial charge is 0.492 e. The van der Waals surface area contributed by atoms with E-state index < -0.39 is 24.6 Å². The molecule has 0 aliphatic heterocycles. The van der Waals surface area contributed by atoms with Gasteiger partial charge in [0.2, 0.25) is 0 Å². The maximum Gasteiger partial charge on any atom is 0.407 e. The highest BCUT2D eigenvalue weighted by molar-refractivity contribution is 7.86. The molecule has 2 rings (SSSR count). The van der Waals surface area contributed by atoms with Crippen LogP contribution >= 0.6 is 0 Å². The average molecular weight is 541 g/mol. The first-order chi connectivity index (χ1) is 16.5. The molecule has 1 aromatic heterocycles. The first kappa shape index (κ1) is 31.5. The normalized spacial score (nSPS) is 12.9. The number of carboxylic acid groups (broad SMARTS) is 1. The number of benzene rings is 1. The highest BCUT2D eigenvalue weighted by Crippen LogP contribution is 2.39. The minimum atomic E-state index is -3.41. The van der Waals surface area contributed by atoms with Crippen LogP contribution in [-0.4, -0.2) is 75.9 Å². The van der Waals surface area contributed by atoms with Gasteiger partial charge < -0.3 is 19.2 Å². The first-order valence-corrected chi connectivity index (χ1v) is 15.9. The molecule has 0 spiro atoms. The molecule has 1 atom stereocenters. The molecule has 1 amide bonds. The van der Waals surface area contributed by atoms with Crippen molar-refractivity contribution < 1.29 is 27.5 Å². The topological polar surface area (TPSA) is 135 Å². The number of aromatic nitrogens is 1. The summed E-state index contributed by atoms with van der Waals surface area (Å²) in [6.45, 7) is 11.6. The summed E-state index contributed by atoms with van der Waals surface area (Å²) in [5.41, 5.74) is 0.882. The van der Waals surface area contributed by atoms with Crippen LogP contribution in [0.15, 0.2) is 54.9 Å². The molecule has 12 heteroatoms. The summed E-state index contributed by atoms with van der Waals surface area (Å²) < 4.78 is 33.3. The van der Waals surface area contributed by atoms with E-state index >= 15 is 0 Å². The zero-order valence-electron chi connectivity index (χ0n) is 22.2. The van der Waals surface area contributed by atoms with Crippen molar-refractivity contribution in [1.29, 1.82) is 0 Å². The van der Waals surface area contributed by atoms with Crippen molar-refractivity contribution in [3.05, 3.63) is 60.4 Å². The number of hydrogen-bond donors (Lipinski definition) is 2. The van der Waals surface area contributed by atoms with E-state index in [0.717, 1.165) is 15.6 Å². The molecular formula is C24H40N4O6SSi. The predicted octanol–water partition coefficient (Wildman–Crippen LogP) is 3.96. The number of hydrogen-bond acceptors (Lipinski definition) is 6. The summed E-state index contributed by atoms with van der Waals surface area (Å²) in [7, 11) is -2.78. The number of para-hydroxylation sites is 1. The van der Waals surface area contributed by atoms with E-state index in [1.807, 2.05) is 42.5 Å². The lowest BCUT2D eigenvalue weighted by molar-refractivity contribution is 0.0935. The van der Waals surface area contributed by atoms with Crippen molar-refractivity contribution >= 4 is 24.6 Å². The van der Waals surface area contributed by atoms with Gasteiger partial charge in [-0.15, -0.1) is 0 Å². The van der Waals surface area contributed by atoms with Crippen molar-refractivity contribution in [2.24, 2.45) is 5.14 Å². The van der Waals surface area contributed by atoms with E-state index in [1.165, 1.54) is 19.0 Å². The fourth-order valence-corrected chi connectivity index (χ4v) is 3.84. The third-order valence-corrected chi connectivity index (χ3v) is 11.3. The van der Waals surface area contributed by atoms with Gasteiger partial charge in [0, 0.05) is 26.5 Å². The minimum Gasteiger partial charge on any atom is -0.492 e. The van der Waals surface area contributed by atoms with E-state index in [9.17, 15) is 18.3 Å². The molecule has 10 nitrogen and oxygen atoms in total. The van der Waals surface area contributed by atoms with E-state index in [2.05, 4.69) is 44.0 Å². The van der Waals surface area contributed by atoms with Gasteiger partial charge in [-0.3, -0.25) is 4.98 Å². The number of rotatable bonds is 10. The quantitative estimate of drug-likeness (QED) is 0.436. The summed E-state index contributed by atoms with van der Waals surface area (Å²) >= 11 is 0. The maximum atomic E-state index is 11.9. The second-order valence-electron chi connectivity index (χ2n) is 9.87. The van der Waals surface area contributed by atoms with Gasteiger partial charge >= 0.3 is 6.09 Å². The third kappa shape index (κ3) is 11.0. The molecule has 0 aliphatic rings. The van der Waals surface area contributed by atoms with Crippen LogP contribution < -0.4 is 9.88 Å². The number of nitrogens with two attached hydrogens (primary N) is 1. The van der Waals surface area contributed by atoms with Gasteiger partial charge in [-0.2, -0.15) is 12.7 Å². The second-order valence-corrected chi connectivity index (χ2v) is 16.4. The highest BCUT2D eigenvalue weighted by Gasteiger charge is 2.40. The van der Waals surface area contributed by atoms with Crippen LogP contribution in [0, 0.1) is 0 Å². The lowest BCUT2D eigenvalue weighted by atomic mass is 10.1. The molecule has 0 fully saturated rings. The SMILES string of the molecule is CC(C)(C)[Si](C)(C)OC(CN(CCOc1ccccc1)C(=O)O)c1cccnc1.CN(C)S(N)(=O)=O. The van der Waals surface area contributed by atoms with Crippen molar-refractivity contribution in [3.8, 4) is 5.75 Å². The Kier molecular flexibility index (Phi) is 12.0. The van der Waals surface area contributed by atoms with Crippen LogP contribution in [-0.2, 0) is 14.6 Å². The van der Waals surface area contributed by atoms with Gasteiger partial charge in [0.05, 0.1) is 19.2 Å². The van der Waals surface area contributed by atoms with Gasteiger partial charge in [-0.1, -0.05) is 45.0 Å². The Hall–Kier alpha value is -2.51. The number of carbonyl (C=O) groups is 1. The molecule has 0 saturated carbocycles. The van der Waals surface area contributed by atoms with Gasteiger partial charge in [-0.05, 0) is 41.9 Å². The Morgan fingerprint density at radius 2 is 1.72 bits per heavy atom. The Morgan fingerprint density at radius 1 is 1.14 bits per heavy atom. The molecule has 1 aromatic carbocycles. The predicted molar refractivity (Wildman–Crippen MR) is 144 cm³/mol. The van der Waals surface area contributed by atoms with Crippen LogP contribution in [0.1, 0.15) is 32.4 Å². The molecule has 1 unspecified atom stereocenters. The maximum absolute atomic E-state index is 11.9. The average Bonchev–Trinajstić information content (AvgIpc) is 2.78. The smallest absolute Gasteiger partial charge is 0.407 e. The monoisotopic (exact) mass is 540 g/mol. The Balaban J connectivity index is 0.000000809. The van der Waals surface area contributed by atoms with Crippen LogP contribution in [0.2, 0.25) is 18.1 Å². The van der Waals surface area contributed by atoms with Crippen molar-refractivity contribution in [1.82, 2.24) is 14.2 Å². The molecule has 0 bridgehead atoms. The zero-order chi connectivity index (χ0) is 27.6. The lowest BCUT2D eigenvalue weighted by Crippen LogP contribution is -2.45.